The van der Waals surface area contributed by atoms with E-state index in [-0.39, 0.29) is 6.54 Å². The lowest BCUT2D eigenvalue weighted by Crippen LogP contribution is -2.41. The number of carbonyl (C=O) groups excluding carboxylic acids is 1. The lowest BCUT2D eigenvalue weighted by atomic mass is 10.3. The molecule has 0 aromatic rings. The van der Waals surface area contributed by atoms with Crippen LogP contribution in [0.4, 0.5) is 13.2 Å². The molecule has 0 aromatic heterocycles. The number of ether oxygens (including phenoxy) is 1. The SMILES string of the molecule is COC(CN)C(=O)NOCC(F)(F)F. The van der Waals surface area contributed by atoms with Gasteiger partial charge in [-0.15, -0.1) is 0 Å². The number of amides is 1. The zero-order valence-corrected chi connectivity index (χ0v) is 7.43. The van der Waals surface area contributed by atoms with Gasteiger partial charge in [-0.25, -0.2) is 5.48 Å². The third kappa shape index (κ3) is 5.73. The monoisotopic (exact) mass is 216 g/mol. The highest BCUT2D eigenvalue weighted by atomic mass is 19.4. The summed E-state index contributed by atoms with van der Waals surface area (Å²) in [7, 11) is 1.21. The Morgan fingerprint density at radius 3 is 2.50 bits per heavy atom. The van der Waals surface area contributed by atoms with Crippen LogP contribution in [0.5, 0.6) is 0 Å². The van der Waals surface area contributed by atoms with Gasteiger partial charge in [0.1, 0.15) is 6.10 Å². The summed E-state index contributed by atoms with van der Waals surface area (Å²) in [5, 5.41) is 0. The van der Waals surface area contributed by atoms with Gasteiger partial charge in [0.05, 0.1) is 0 Å². The van der Waals surface area contributed by atoms with Gasteiger partial charge >= 0.3 is 6.18 Å². The maximum Gasteiger partial charge on any atom is 0.414 e. The first kappa shape index (κ1) is 13.1. The summed E-state index contributed by atoms with van der Waals surface area (Å²) in [6.45, 7) is -1.70. The molecule has 0 aliphatic carbocycles. The molecule has 84 valence electrons. The number of nitrogens with two attached hydrogens (primary N) is 1. The fraction of sp³-hybridized carbons (Fsp3) is 0.833. The molecule has 0 aliphatic heterocycles. The van der Waals surface area contributed by atoms with Crippen LogP contribution < -0.4 is 11.2 Å². The second-order valence-electron chi connectivity index (χ2n) is 2.33. The van der Waals surface area contributed by atoms with Crippen LogP contribution in [0.15, 0.2) is 0 Å². The highest BCUT2D eigenvalue weighted by Gasteiger charge is 2.28. The third-order valence-electron chi connectivity index (χ3n) is 1.20. The fourth-order valence-corrected chi connectivity index (χ4v) is 0.565. The maximum atomic E-state index is 11.5. The van der Waals surface area contributed by atoms with Gasteiger partial charge in [-0.3, -0.25) is 9.63 Å². The predicted octanol–water partition coefficient (Wildman–Crippen LogP) is -0.430. The van der Waals surface area contributed by atoms with Gasteiger partial charge in [0.2, 0.25) is 0 Å². The van der Waals surface area contributed by atoms with E-state index in [0.29, 0.717) is 0 Å². The molecular weight excluding hydrogens is 205 g/mol. The molecule has 14 heavy (non-hydrogen) atoms. The molecule has 1 amide bonds. The molecule has 0 saturated carbocycles. The van der Waals surface area contributed by atoms with E-state index in [2.05, 4.69) is 9.57 Å². The number of alkyl halides is 3. The number of hydrogen-bond acceptors (Lipinski definition) is 4. The van der Waals surface area contributed by atoms with Crippen LogP contribution in [0.3, 0.4) is 0 Å². The van der Waals surface area contributed by atoms with Crippen molar-refractivity contribution in [3.8, 4) is 0 Å². The van der Waals surface area contributed by atoms with Crippen molar-refractivity contribution in [1.29, 1.82) is 0 Å². The molecule has 0 saturated heterocycles. The third-order valence-corrected chi connectivity index (χ3v) is 1.20. The van der Waals surface area contributed by atoms with Crippen molar-refractivity contribution in [2.45, 2.75) is 12.3 Å². The van der Waals surface area contributed by atoms with Crippen LogP contribution in [-0.2, 0) is 14.4 Å². The molecule has 0 rings (SSSR count). The van der Waals surface area contributed by atoms with E-state index in [1.54, 1.807) is 5.48 Å². The van der Waals surface area contributed by atoms with Crippen LogP contribution in [0.25, 0.3) is 0 Å². The second kappa shape index (κ2) is 5.78. The highest BCUT2D eigenvalue weighted by molar-refractivity contribution is 5.79. The molecule has 0 spiro atoms. The van der Waals surface area contributed by atoms with Crippen LogP contribution in [0, 0.1) is 0 Å². The lowest BCUT2D eigenvalue weighted by molar-refractivity contribution is -0.194. The summed E-state index contributed by atoms with van der Waals surface area (Å²) in [6, 6.07) is 0. The van der Waals surface area contributed by atoms with Gasteiger partial charge in [0.25, 0.3) is 5.91 Å². The first-order valence-electron chi connectivity index (χ1n) is 3.62. The number of nitrogens with one attached hydrogen (secondary N) is 1. The van der Waals surface area contributed by atoms with Crippen LogP contribution in [0.2, 0.25) is 0 Å². The Morgan fingerprint density at radius 1 is 1.57 bits per heavy atom. The van der Waals surface area contributed by atoms with E-state index in [1.165, 1.54) is 7.11 Å². The summed E-state index contributed by atoms with van der Waals surface area (Å²) >= 11 is 0. The van der Waals surface area contributed by atoms with Crippen molar-refractivity contribution in [2.75, 3.05) is 20.3 Å². The molecule has 0 bridgehead atoms. The van der Waals surface area contributed by atoms with E-state index in [9.17, 15) is 18.0 Å². The van der Waals surface area contributed by atoms with Crippen molar-refractivity contribution < 1.29 is 27.5 Å². The highest BCUT2D eigenvalue weighted by Crippen LogP contribution is 2.13. The molecule has 5 nitrogen and oxygen atoms in total. The van der Waals surface area contributed by atoms with E-state index in [0.717, 1.165) is 0 Å². The zero-order chi connectivity index (χ0) is 11.2. The van der Waals surface area contributed by atoms with Gasteiger partial charge in [0, 0.05) is 13.7 Å². The number of carbonyl (C=O) groups is 1. The Kier molecular flexibility index (Phi) is 5.43. The number of hydrogen-bond donors (Lipinski definition) is 2. The van der Waals surface area contributed by atoms with Crippen LogP contribution >= 0.6 is 0 Å². The summed E-state index contributed by atoms with van der Waals surface area (Å²) in [4.78, 5) is 14.8. The fourth-order valence-electron chi connectivity index (χ4n) is 0.565. The number of rotatable bonds is 5. The quantitative estimate of drug-likeness (QED) is 0.611. The normalized spacial score (nSPS) is 13.8. The summed E-state index contributed by atoms with van der Waals surface area (Å²) in [5.74, 6) is -0.848. The zero-order valence-electron chi connectivity index (χ0n) is 7.43. The Hall–Kier alpha value is -0.860. The van der Waals surface area contributed by atoms with Gasteiger partial charge in [-0.1, -0.05) is 0 Å². The van der Waals surface area contributed by atoms with Crippen LogP contribution in [0.1, 0.15) is 0 Å². The number of halogens is 3. The largest absolute Gasteiger partial charge is 0.414 e. The average Bonchev–Trinajstić information content (AvgIpc) is 2.04. The van der Waals surface area contributed by atoms with Crippen molar-refractivity contribution in [1.82, 2.24) is 5.48 Å². The van der Waals surface area contributed by atoms with E-state index in [4.69, 9.17) is 5.73 Å². The molecule has 0 aromatic carbocycles. The Balaban J connectivity index is 3.74. The van der Waals surface area contributed by atoms with Crippen molar-refractivity contribution in [3.63, 3.8) is 0 Å². The molecule has 0 fully saturated rings. The minimum atomic E-state index is -4.49. The van der Waals surface area contributed by atoms with E-state index < -0.39 is 24.8 Å². The first-order valence-corrected chi connectivity index (χ1v) is 3.62. The molecule has 1 atom stereocenters. The van der Waals surface area contributed by atoms with Crippen molar-refractivity contribution in [3.05, 3.63) is 0 Å². The van der Waals surface area contributed by atoms with Gasteiger partial charge in [-0.2, -0.15) is 13.2 Å². The van der Waals surface area contributed by atoms with E-state index >= 15 is 0 Å². The van der Waals surface area contributed by atoms with E-state index in [1.807, 2.05) is 0 Å². The molecule has 0 heterocycles. The standard InChI is InChI=1S/C6H11F3N2O3/c1-13-4(2-10)5(12)11-14-3-6(7,8)9/h4H,2-3,10H2,1H3,(H,11,12). The van der Waals surface area contributed by atoms with Crippen LogP contribution in [-0.4, -0.2) is 38.4 Å². The Labute approximate surface area is 78.3 Å². The van der Waals surface area contributed by atoms with Crippen molar-refractivity contribution in [2.24, 2.45) is 5.73 Å². The van der Waals surface area contributed by atoms with Gasteiger partial charge in [-0.05, 0) is 0 Å². The average molecular weight is 216 g/mol. The second-order valence-corrected chi connectivity index (χ2v) is 2.33. The summed E-state index contributed by atoms with van der Waals surface area (Å²) in [6.07, 6.45) is -5.50. The minimum absolute atomic E-state index is 0.141. The smallest absolute Gasteiger partial charge is 0.370 e. The molecule has 3 N–H and O–H groups in total. The van der Waals surface area contributed by atoms with Gasteiger partial charge < -0.3 is 10.5 Å². The molecule has 8 heteroatoms. The Bertz CT molecular complexity index is 182. The molecule has 0 aliphatic rings. The summed E-state index contributed by atoms with van der Waals surface area (Å²) < 4.78 is 39.2. The Morgan fingerprint density at radius 2 is 2.14 bits per heavy atom. The predicted molar refractivity (Wildman–Crippen MR) is 40.0 cm³/mol. The van der Waals surface area contributed by atoms with Crippen molar-refractivity contribution >= 4 is 5.91 Å². The van der Waals surface area contributed by atoms with Gasteiger partial charge in [0.15, 0.2) is 6.61 Å². The molecule has 0 radical (unpaired) electrons. The molecule has 1 unspecified atom stereocenters. The first-order chi connectivity index (χ1) is 6.40. The summed E-state index contributed by atoms with van der Waals surface area (Å²) in [5.41, 5.74) is 6.66. The topological polar surface area (TPSA) is 73.6 Å². The molecular formula is C6H11F3N2O3. The number of hydroxylamine groups is 1. The number of methoxy groups -OCH3 is 1. The maximum absolute atomic E-state index is 11.5. The minimum Gasteiger partial charge on any atom is -0.370 e. The lowest BCUT2D eigenvalue weighted by Gasteiger charge is -2.13.